The topological polar surface area (TPSA) is 13.1 Å². The number of fused-ring (bicyclic) bond motifs is 12. The van der Waals surface area contributed by atoms with Crippen LogP contribution in [-0.2, 0) is 17.3 Å². The van der Waals surface area contributed by atoms with Crippen molar-refractivity contribution < 1.29 is 0 Å². The van der Waals surface area contributed by atoms with Crippen LogP contribution < -0.4 is 4.90 Å². The predicted molar refractivity (Wildman–Crippen MR) is 587 cm³/mol. The van der Waals surface area contributed by atoms with E-state index in [1.807, 2.05) is 0 Å². The number of para-hydroxylation sites is 2. The van der Waals surface area contributed by atoms with Crippen LogP contribution in [0, 0.1) is 0 Å². The first-order valence-corrected chi connectivity index (χ1v) is 48.7. The fourth-order valence-electron chi connectivity index (χ4n) is 22.0. The minimum absolute atomic E-state index is 0.346. The number of anilines is 3. The maximum atomic E-state index is 3.61. The third-order valence-electron chi connectivity index (χ3n) is 28.3. The van der Waals surface area contributed by atoms with Crippen molar-refractivity contribution in [2.75, 3.05) is 4.90 Å². The minimum atomic E-state index is -0.523. The molecule has 2 aliphatic carbocycles. The summed E-state index contributed by atoms with van der Waals surface area (Å²) in [6.45, 7) is 0. The number of hydrogen-bond acceptors (Lipinski definition) is 1. The zero-order chi connectivity index (χ0) is 92.6. The van der Waals surface area contributed by atoms with E-state index in [4.69, 9.17) is 0 Å². The number of nitrogens with zero attached hydrogens (tertiary/aromatic N) is 3. The van der Waals surface area contributed by atoms with Gasteiger partial charge in [0.1, 0.15) is 0 Å². The lowest BCUT2D eigenvalue weighted by molar-refractivity contribution is 0.767. The number of aromatic nitrogens is 2. The van der Waals surface area contributed by atoms with Gasteiger partial charge in [0.2, 0.25) is 0 Å². The molecular formula is C135H94BrN3. The number of halogens is 1. The Hall–Kier alpha value is -17.3. The summed E-state index contributed by atoms with van der Waals surface area (Å²) in [4.78, 5) is 2.44. The standard InChI is InChI=1S/C67H46N2.C38H28.C30H20BrN/c1-5-18-47(19-6-1)49-32-37-55(38-33-49)68(58-41-43-60-59-28-13-15-30-63(59)67(64(60)46-58,53-23-9-3-10-24-53)54-25-11-4-12-26-54)57-27-17-22-51(44-57)52-36-42-62-61-29-14-16-31-65(61)69(66(62)45-52)56-39-34-50(35-40-56)48-20-7-2-8-21-48;1-4-12-30(13-5-1)31-23-20-28(21-24-31)26-29-22-25-35-34-18-10-11-19-36(34)38(37(35)27-29,32-14-6-2-7-15-32)33-16-8-3-9-17-33;31-25-10-6-9-23(19-25)24-15-18-28-27-11-4-5-12-29(27)32(30(28)20-24)26-16-13-22(14-17-26)21-7-2-1-3-8-21/h1-46H;1-25,27H,26H2;1-20H. The highest BCUT2D eigenvalue weighted by Gasteiger charge is 2.48. The first kappa shape index (κ1) is 84.7. The fourth-order valence-corrected chi connectivity index (χ4v) is 22.4. The SMILES string of the molecule is Brc1cccc(-c2ccc3c4ccccc4n(-c4ccc(-c5ccccc5)cc4)c3c2)c1.c1ccc(-c2ccc(Cc3ccc4c(c3)C(c3ccccc3)(c3ccccc3)c3ccccc3-4)cc2)cc1.c1ccc(-c2ccc(N(c3cccc(-c4ccc5c6ccccc6n(-c6ccc(-c7ccccc7)cc6)c5c4)c3)c3ccc4c(c3)C(c3ccccc3)(c3ccccc3)c3ccccc3-4)cc2)cc1. The second-order valence-electron chi connectivity index (χ2n) is 36.2. The lowest BCUT2D eigenvalue weighted by Gasteiger charge is -2.35. The molecule has 0 unspecified atom stereocenters. The first-order valence-electron chi connectivity index (χ1n) is 47.9. The van der Waals surface area contributed by atoms with E-state index in [1.165, 1.54) is 183 Å². The van der Waals surface area contributed by atoms with Crippen LogP contribution in [0.2, 0.25) is 0 Å². The highest BCUT2D eigenvalue weighted by atomic mass is 79.9. The molecule has 0 saturated heterocycles. The van der Waals surface area contributed by atoms with Crippen LogP contribution in [-0.4, -0.2) is 9.13 Å². The summed E-state index contributed by atoms with van der Waals surface area (Å²) < 4.78 is 5.88. The molecule has 139 heavy (non-hydrogen) atoms. The highest BCUT2D eigenvalue weighted by molar-refractivity contribution is 9.10. The van der Waals surface area contributed by atoms with E-state index < -0.39 is 5.41 Å². The Morgan fingerprint density at radius 3 is 0.906 bits per heavy atom. The van der Waals surface area contributed by atoms with Gasteiger partial charge < -0.3 is 14.0 Å². The molecule has 2 aromatic heterocycles. The molecule has 0 aliphatic heterocycles. The monoisotopic (exact) mass is 1840 g/mol. The fraction of sp³-hybridized carbons (Fsp3) is 0.0222. The van der Waals surface area contributed by atoms with Crippen molar-refractivity contribution in [3.8, 4) is 100 Å². The highest BCUT2D eigenvalue weighted by Crippen LogP contribution is 2.59. The van der Waals surface area contributed by atoms with Gasteiger partial charge >= 0.3 is 0 Å². The number of hydrogen-bond donors (Lipinski definition) is 0. The molecule has 2 aliphatic rings. The van der Waals surface area contributed by atoms with Gasteiger partial charge in [0.05, 0.1) is 32.9 Å². The zero-order valence-electron chi connectivity index (χ0n) is 76.5. The maximum absolute atomic E-state index is 3.61. The summed E-state index contributed by atoms with van der Waals surface area (Å²) >= 11 is 3.61. The predicted octanol–water partition coefficient (Wildman–Crippen LogP) is 35.8. The van der Waals surface area contributed by atoms with Crippen molar-refractivity contribution in [2.24, 2.45) is 0 Å². The summed E-state index contributed by atoms with van der Waals surface area (Å²) in [5.41, 5.74) is 42.3. The molecule has 0 atom stereocenters. The van der Waals surface area contributed by atoms with Crippen molar-refractivity contribution in [1.29, 1.82) is 0 Å². The minimum Gasteiger partial charge on any atom is -0.310 e. The van der Waals surface area contributed by atoms with Crippen LogP contribution in [0.3, 0.4) is 0 Å². The second-order valence-corrected chi connectivity index (χ2v) is 37.1. The Kier molecular flexibility index (Phi) is 22.4. The van der Waals surface area contributed by atoms with Crippen LogP contribution >= 0.6 is 15.9 Å². The lowest BCUT2D eigenvalue weighted by atomic mass is 9.67. The van der Waals surface area contributed by atoms with E-state index in [0.29, 0.717) is 0 Å². The molecule has 0 spiro atoms. The second kappa shape index (κ2) is 36.8. The van der Waals surface area contributed by atoms with Crippen LogP contribution in [0.1, 0.15) is 55.6 Å². The molecule has 3 nitrogen and oxygen atoms in total. The molecular weight excluding hydrogens is 1740 g/mol. The van der Waals surface area contributed by atoms with E-state index in [2.05, 4.69) is 588 Å². The van der Waals surface area contributed by atoms with Gasteiger partial charge in [-0.05, 0) is 248 Å². The summed E-state index contributed by atoms with van der Waals surface area (Å²) in [7, 11) is 0. The summed E-state index contributed by atoms with van der Waals surface area (Å²) in [5, 5.41) is 5.02. The van der Waals surface area contributed by atoms with Gasteiger partial charge in [0.15, 0.2) is 0 Å². The smallest absolute Gasteiger partial charge is 0.0714 e. The van der Waals surface area contributed by atoms with E-state index >= 15 is 0 Å². The van der Waals surface area contributed by atoms with E-state index in [-0.39, 0.29) is 5.41 Å². The summed E-state index contributed by atoms with van der Waals surface area (Å²) in [6.07, 6.45) is 0.901. The third kappa shape index (κ3) is 15.6. The quantitative estimate of drug-likeness (QED) is 0.0886. The Bertz CT molecular complexity index is 8500. The Balaban J connectivity index is 0.000000126. The Morgan fingerprint density at radius 1 is 0.180 bits per heavy atom. The number of benzene rings is 22. The molecule has 24 aromatic rings. The van der Waals surface area contributed by atoms with Gasteiger partial charge in [-0.25, -0.2) is 0 Å². The largest absolute Gasteiger partial charge is 0.310 e. The molecule has 0 fully saturated rings. The van der Waals surface area contributed by atoms with Gasteiger partial charge in [0, 0.05) is 54.5 Å². The molecule has 0 N–H and O–H groups in total. The molecule has 0 radical (unpaired) electrons. The Morgan fingerprint density at radius 2 is 0.475 bits per heavy atom. The van der Waals surface area contributed by atoms with Crippen molar-refractivity contribution in [1.82, 2.24) is 9.13 Å². The van der Waals surface area contributed by atoms with Gasteiger partial charge in [-0.1, -0.05) is 477 Å². The van der Waals surface area contributed by atoms with Gasteiger partial charge in [-0.3, -0.25) is 0 Å². The average molecular weight is 1840 g/mol. The van der Waals surface area contributed by atoms with Crippen molar-refractivity contribution in [3.05, 3.63) is 618 Å². The molecule has 26 rings (SSSR count). The van der Waals surface area contributed by atoms with Crippen molar-refractivity contribution in [2.45, 2.75) is 17.3 Å². The van der Waals surface area contributed by atoms with Gasteiger partial charge in [0.25, 0.3) is 0 Å². The third-order valence-corrected chi connectivity index (χ3v) is 28.8. The average Bonchev–Trinajstić information content (AvgIpc) is 1.55. The normalized spacial score (nSPS) is 12.4. The van der Waals surface area contributed by atoms with Crippen LogP contribution in [0.25, 0.3) is 144 Å². The van der Waals surface area contributed by atoms with Crippen molar-refractivity contribution >= 4 is 76.6 Å². The Labute approximate surface area is 820 Å². The van der Waals surface area contributed by atoms with Crippen LogP contribution in [0.15, 0.2) is 563 Å². The van der Waals surface area contributed by atoms with E-state index in [0.717, 1.165) is 44.8 Å². The van der Waals surface area contributed by atoms with E-state index in [1.54, 1.807) is 0 Å². The number of rotatable bonds is 17. The molecule has 0 saturated carbocycles. The van der Waals surface area contributed by atoms with Gasteiger partial charge in [-0.15, -0.1) is 0 Å². The van der Waals surface area contributed by atoms with Crippen molar-refractivity contribution in [3.63, 3.8) is 0 Å². The lowest BCUT2D eigenvalue weighted by Crippen LogP contribution is -2.28. The molecule has 656 valence electrons. The maximum Gasteiger partial charge on any atom is 0.0714 e. The van der Waals surface area contributed by atoms with Gasteiger partial charge in [-0.2, -0.15) is 0 Å². The summed E-state index contributed by atoms with van der Waals surface area (Å²) in [6, 6.07) is 203. The van der Waals surface area contributed by atoms with E-state index in [9.17, 15) is 0 Å². The molecule has 0 bridgehead atoms. The zero-order valence-corrected chi connectivity index (χ0v) is 78.1. The molecule has 0 amide bonds. The molecule has 2 heterocycles. The first-order chi connectivity index (χ1) is 68.8. The summed E-state index contributed by atoms with van der Waals surface area (Å²) in [5.74, 6) is 0. The molecule has 4 heteroatoms. The van der Waals surface area contributed by atoms with Crippen LogP contribution in [0.4, 0.5) is 17.1 Å². The van der Waals surface area contributed by atoms with Crippen LogP contribution in [0.5, 0.6) is 0 Å². The molecule has 22 aromatic carbocycles.